The quantitative estimate of drug-likeness (QED) is 0.219. The van der Waals surface area contributed by atoms with Crippen LogP contribution in [0, 0.1) is 25.2 Å². The van der Waals surface area contributed by atoms with Crippen LogP contribution in [0.1, 0.15) is 49.7 Å². The molecule has 1 aromatic carbocycles. The smallest absolute Gasteiger partial charge is 0.224 e. The van der Waals surface area contributed by atoms with Crippen LogP contribution in [0.5, 0.6) is 0 Å². The molecule has 0 amide bonds. The summed E-state index contributed by atoms with van der Waals surface area (Å²) in [5.41, 5.74) is 4.88. The zero-order valence-corrected chi connectivity index (χ0v) is 25.0. The van der Waals surface area contributed by atoms with Gasteiger partial charge in [0.25, 0.3) is 0 Å². The number of nitrogens with one attached hydrogen (secondary N) is 2. The monoisotopic (exact) mass is 574 g/mol. The van der Waals surface area contributed by atoms with E-state index in [-0.39, 0.29) is 5.41 Å². The Balaban J connectivity index is 1.34. The van der Waals surface area contributed by atoms with Gasteiger partial charge < -0.3 is 26.0 Å². The summed E-state index contributed by atoms with van der Waals surface area (Å²) in [5, 5.41) is 40.0. The number of hydrogen-bond donors (Lipinski definition) is 5. The first-order chi connectivity index (χ1) is 19.4. The lowest BCUT2D eigenvalue weighted by atomic mass is 9.87. The summed E-state index contributed by atoms with van der Waals surface area (Å²) in [5.74, 6) is 0.549. The Morgan fingerprint density at radius 3 is 2.34 bits per heavy atom. The van der Waals surface area contributed by atoms with Gasteiger partial charge in [0, 0.05) is 18.7 Å². The van der Waals surface area contributed by atoms with Gasteiger partial charge in [0.1, 0.15) is 22.4 Å². The van der Waals surface area contributed by atoms with Gasteiger partial charge in [-0.2, -0.15) is 4.98 Å². The molecule has 4 atom stereocenters. The average Bonchev–Trinajstić information content (AvgIpc) is 3.57. The van der Waals surface area contributed by atoms with Crippen LogP contribution >= 0.6 is 11.3 Å². The van der Waals surface area contributed by atoms with Crippen LogP contribution < -0.4 is 10.6 Å². The second-order valence-corrected chi connectivity index (χ2v) is 13.7. The number of rotatable bonds is 7. The first kappa shape index (κ1) is 28.0. The molecule has 0 spiro atoms. The Kier molecular flexibility index (Phi) is 7.01. The summed E-state index contributed by atoms with van der Waals surface area (Å²) in [6.45, 7) is 10.2. The highest BCUT2D eigenvalue weighted by atomic mass is 32.1. The third-order valence-electron chi connectivity index (χ3n) is 8.73. The van der Waals surface area contributed by atoms with Gasteiger partial charge >= 0.3 is 0 Å². The van der Waals surface area contributed by atoms with E-state index >= 15 is 0 Å². The zero-order chi connectivity index (χ0) is 29.1. The molecule has 0 bridgehead atoms. The van der Waals surface area contributed by atoms with Crippen molar-refractivity contribution in [2.45, 2.75) is 77.7 Å². The molecule has 3 aromatic heterocycles. The topological polar surface area (TPSA) is 136 Å². The van der Waals surface area contributed by atoms with Crippen molar-refractivity contribution in [3.63, 3.8) is 0 Å². The van der Waals surface area contributed by atoms with Crippen LogP contribution in [0.15, 0.2) is 36.5 Å². The zero-order valence-electron chi connectivity index (χ0n) is 24.1. The van der Waals surface area contributed by atoms with E-state index in [9.17, 15) is 15.3 Å². The summed E-state index contributed by atoms with van der Waals surface area (Å²) < 4.78 is 1.02. The van der Waals surface area contributed by atoms with Crippen molar-refractivity contribution in [1.29, 1.82) is 0 Å². The molecule has 2 aliphatic rings. The standard InChI is InChI=1S/C31H38N6O3S/c1-16-23(28-36-24-17(2)32-11-10-22(24)41-28)27(35-21-12-20(30(3,4)40)25(38)26(21)39)37-29(34-16)33-15-31(5)13-18-8-6-7-9-19(18)14-31/h6-11,20-21,25-26,38-40H,12-15H2,1-5H3,(H2,33,34,35,37)/t20-,21+,25+,26-/m0/s1. The van der Waals surface area contributed by atoms with Crippen molar-refractivity contribution < 1.29 is 15.3 Å². The normalized spacial score (nSPS) is 23.6. The van der Waals surface area contributed by atoms with Crippen LogP contribution in [-0.4, -0.2) is 65.7 Å². The van der Waals surface area contributed by atoms with Crippen molar-refractivity contribution >= 4 is 33.3 Å². The third kappa shape index (κ3) is 5.30. The minimum absolute atomic E-state index is 0.0382. The van der Waals surface area contributed by atoms with Gasteiger partial charge in [-0.1, -0.05) is 31.2 Å². The largest absolute Gasteiger partial charge is 0.390 e. The van der Waals surface area contributed by atoms with E-state index in [1.165, 1.54) is 11.1 Å². The first-order valence-electron chi connectivity index (χ1n) is 14.2. The number of thiazole rings is 1. The van der Waals surface area contributed by atoms with E-state index < -0.39 is 29.8 Å². The molecule has 0 unspecified atom stereocenters. The predicted molar refractivity (Wildman–Crippen MR) is 162 cm³/mol. The summed E-state index contributed by atoms with van der Waals surface area (Å²) in [7, 11) is 0. The van der Waals surface area contributed by atoms with Gasteiger partial charge in [-0.15, -0.1) is 11.3 Å². The Labute approximate surface area is 244 Å². The molecule has 0 radical (unpaired) electrons. The van der Waals surface area contributed by atoms with E-state index in [0.29, 0.717) is 24.7 Å². The Morgan fingerprint density at radius 1 is 1.00 bits per heavy atom. The maximum Gasteiger partial charge on any atom is 0.224 e. The number of aliphatic hydroxyl groups is 3. The maximum absolute atomic E-state index is 11.0. The maximum atomic E-state index is 11.0. The summed E-state index contributed by atoms with van der Waals surface area (Å²) in [6, 6.07) is 10.0. The summed E-state index contributed by atoms with van der Waals surface area (Å²) >= 11 is 1.55. The van der Waals surface area contributed by atoms with Gasteiger partial charge in [0.2, 0.25) is 5.95 Å². The van der Waals surface area contributed by atoms with E-state index in [1.54, 1.807) is 31.4 Å². The molecule has 1 saturated carbocycles. The number of pyridine rings is 1. The highest BCUT2D eigenvalue weighted by Gasteiger charge is 2.48. The molecule has 2 aliphatic carbocycles. The Morgan fingerprint density at radius 2 is 1.71 bits per heavy atom. The van der Waals surface area contributed by atoms with Crippen LogP contribution in [-0.2, 0) is 12.8 Å². The molecule has 216 valence electrons. The number of hydrogen-bond acceptors (Lipinski definition) is 10. The highest BCUT2D eigenvalue weighted by Crippen LogP contribution is 2.41. The number of anilines is 2. The minimum atomic E-state index is -1.14. The van der Waals surface area contributed by atoms with Crippen molar-refractivity contribution in [3.8, 4) is 10.6 Å². The number of nitrogens with zero attached hydrogens (tertiary/aromatic N) is 4. The summed E-state index contributed by atoms with van der Waals surface area (Å²) in [4.78, 5) is 19.1. The second kappa shape index (κ2) is 10.3. The van der Waals surface area contributed by atoms with Crippen molar-refractivity contribution in [3.05, 3.63) is 59.0 Å². The fraction of sp³-hybridized carbons (Fsp3) is 0.484. The fourth-order valence-corrected chi connectivity index (χ4v) is 7.57. The number of benzene rings is 1. The van der Waals surface area contributed by atoms with Crippen molar-refractivity contribution in [2.24, 2.45) is 11.3 Å². The molecule has 5 N–H and O–H groups in total. The molecule has 3 heterocycles. The number of aromatic nitrogens is 4. The van der Waals surface area contributed by atoms with Crippen LogP contribution in [0.25, 0.3) is 20.8 Å². The van der Waals surface area contributed by atoms with Gasteiger partial charge in [0.15, 0.2) is 0 Å². The van der Waals surface area contributed by atoms with Gasteiger partial charge in [0.05, 0.1) is 39.4 Å². The molecule has 6 rings (SSSR count). The van der Waals surface area contributed by atoms with Gasteiger partial charge in [-0.05, 0) is 69.6 Å². The lowest BCUT2D eigenvalue weighted by Crippen LogP contribution is -2.40. The average molecular weight is 575 g/mol. The molecule has 4 aromatic rings. The molecular weight excluding hydrogens is 536 g/mol. The molecule has 0 saturated heterocycles. The molecule has 1 fully saturated rings. The number of aryl methyl sites for hydroxylation is 2. The van der Waals surface area contributed by atoms with Crippen LogP contribution in [0.4, 0.5) is 11.8 Å². The van der Waals surface area contributed by atoms with Crippen LogP contribution in [0.3, 0.4) is 0 Å². The molecular formula is C31H38N6O3S. The number of aliphatic hydroxyl groups excluding tert-OH is 2. The van der Waals surface area contributed by atoms with Gasteiger partial charge in [-0.25, -0.2) is 9.97 Å². The number of fused-ring (bicyclic) bond motifs is 2. The SMILES string of the molecule is Cc1nc(NCC2(C)Cc3ccccc3C2)nc(N[C@@H]2C[C@H](C(C)(C)O)[C@@H](O)[C@H]2O)c1-c1nc2c(C)nccc2s1. The lowest BCUT2D eigenvalue weighted by Gasteiger charge is -2.28. The Bertz CT molecular complexity index is 1570. The minimum Gasteiger partial charge on any atom is -0.390 e. The van der Waals surface area contributed by atoms with E-state index in [0.717, 1.165) is 45.0 Å². The van der Waals surface area contributed by atoms with Crippen molar-refractivity contribution in [1.82, 2.24) is 19.9 Å². The lowest BCUT2D eigenvalue weighted by molar-refractivity contribution is -0.0601. The summed E-state index contributed by atoms with van der Waals surface area (Å²) in [6.07, 6.45) is 2.02. The molecule has 9 nitrogen and oxygen atoms in total. The molecule has 10 heteroatoms. The van der Waals surface area contributed by atoms with E-state index in [1.807, 2.05) is 19.9 Å². The predicted octanol–water partition coefficient (Wildman–Crippen LogP) is 4.28. The van der Waals surface area contributed by atoms with E-state index in [2.05, 4.69) is 46.8 Å². The van der Waals surface area contributed by atoms with Crippen LogP contribution in [0.2, 0.25) is 0 Å². The highest BCUT2D eigenvalue weighted by molar-refractivity contribution is 7.21. The second-order valence-electron chi connectivity index (χ2n) is 12.6. The fourth-order valence-electron chi connectivity index (χ4n) is 6.46. The Hall–Kier alpha value is -3.18. The first-order valence-corrected chi connectivity index (χ1v) is 15.0. The van der Waals surface area contributed by atoms with E-state index in [4.69, 9.17) is 15.0 Å². The third-order valence-corrected chi connectivity index (χ3v) is 9.77. The van der Waals surface area contributed by atoms with Gasteiger partial charge in [-0.3, -0.25) is 4.98 Å². The molecule has 41 heavy (non-hydrogen) atoms. The van der Waals surface area contributed by atoms with Crippen molar-refractivity contribution in [2.75, 3.05) is 17.2 Å². The molecule has 0 aliphatic heterocycles.